The van der Waals surface area contributed by atoms with Crippen LogP contribution in [0, 0.1) is 5.82 Å². The molecule has 0 unspecified atom stereocenters. The molecule has 0 spiro atoms. The Morgan fingerprint density at radius 2 is 1.86 bits per heavy atom. The van der Waals surface area contributed by atoms with Crippen LogP contribution in [0.5, 0.6) is 0 Å². The van der Waals surface area contributed by atoms with E-state index in [-0.39, 0.29) is 17.3 Å². The standard InChI is InChI=1S/C14H16FN3O2S/c1-16-14-8-7-13(9-17-14)21(19,20)18(2)10-11-3-5-12(15)6-4-11/h3-9H,10H2,1-2H3,(H,16,17). The van der Waals surface area contributed by atoms with E-state index in [9.17, 15) is 12.8 Å². The van der Waals surface area contributed by atoms with E-state index in [1.807, 2.05) is 0 Å². The van der Waals surface area contributed by atoms with Gasteiger partial charge in [-0.2, -0.15) is 4.31 Å². The predicted molar refractivity (Wildman–Crippen MR) is 78.8 cm³/mol. The summed E-state index contributed by atoms with van der Waals surface area (Å²) in [6.07, 6.45) is 1.31. The quantitative estimate of drug-likeness (QED) is 0.918. The van der Waals surface area contributed by atoms with Crippen molar-refractivity contribution >= 4 is 15.8 Å². The van der Waals surface area contributed by atoms with E-state index in [1.165, 1.54) is 35.7 Å². The number of hydrogen-bond acceptors (Lipinski definition) is 4. The average Bonchev–Trinajstić information content (AvgIpc) is 2.49. The maximum Gasteiger partial charge on any atom is 0.244 e. The first kappa shape index (κ1) is 15.4. The Balaban J connectivity index is 2.19. The second-order valence-corrected chi connectivity index (χ2v) is 6.56. The van der Waals surface area contributed by atoms with E-state index < -0.39 is 10.0 Å². The molecule has 0 amide bonds. The van der Waals surface area contributed by atoms with Crippen LogP contribution in [0.15, 0.2) is 47.5 Å². The van der Waals surface area contributed by atoms with Gasteiger partial charge >= 0.3 is 0 Å². The highest BCUT2D eigenvalue weighted by molar-refractivity contribution is 7.89. The highest BCUT2D eigenvalue weighted by Gasteiger charge is 2.21. The summed E-state index contributed by atoms with van der Waals surface area (Å²) in [6.45, 7) is 0.163. The fourth-order valence-electron chi connectivity index (χ4n) is 1.79. The van der Waals surface area contributed by atoms with Crippen LogP contribution in [0.4, 0.5) is 10.2 Å². The lowest BCUT2D eigenvalue weighted by atomic mass is 10.2. The number of rotatable bonds is 5. The van der Waals surface area contributed by atoms with Gasteiger partial charge in [-0.3, -0.25) is 0 Å². The maximum absolute atomic E-state index is 12.8. The molecule has 0 aliphatic rings. The van der Waals surface area contributed by atoms with Crippen molar-refractivity contribution in [3.05, 3.63) is 54.0 Å². The van der Waals surface area contributed by atoms with Crippen LogP contribution in [0.1, 0.15) is 5.56 Å². The zero-order valence-electron chi connectivity index (χ0n) is 11.7. The molecule has 1 aromatic heterocycles. The Labute approximate surface area is 123 Å². The number of sulfonamides is 1. The Morgan fingerprint density at radius 1 is 1.19 bits per heavy atom. The Morgan fingerprint density at radius 3 is 2.38 bits per heavy atom. The molecule has 0 aliphatic carbocycles. The molecule has 0 radical (unpaired) electrons. The summed E-state index contributed by atoms with van der Waals surface area (Å²) in [4.78, 5) is 4.11. The normalized spacial score (nSPS) is 11.6. The SMILES string of the molecule is CNc1ccc(S(=O)(=O)N(C)Cc2ccc(F)cc2)cn1. The zero-order valence-corrected chi connectivity index (χ0v) is 12.6. The molecule has 21 heavy (non-hydrogen) atoms. The molecule has 5 nitrogen and oxygen atoms in total. The van der Waals surface area contributed by atoms with Gasteiger partial charge in [0.1, 0.15) is 16.5 Å². The molecule has 0 saturated carbocycles. The van der Waals surface area contributed by atoms with Crippen LogP contribution in [0.25, 0.3) is 0 Å². The third-order valence-electron chi connectivity index (χ3n) is 3.02. The smallest absolute Gasteiger partial charge is 0.244 e. The molecule has 2 rings (SSSR count). The molecule has 1 aromatic carbocycles. The van der Waals surface area contributed by atoms with Gasteiger partial charge in [-0.15, -0.1) is 0 Å². The number of nitrogens with zero attached hydrogens (tertiary/aromatic N) is 2. The molecule has 0 atom stereocenters. The summed E-state index contributed by atoms with van der Waals surface area (Å²) in [5.41, 5.74) is 0.710. The first-order valence-corrected chi connectivity index (χ1v) is 7.72. The molecule has 2 aromatic rings. The summed E-state index contributed by atoms with van der Waals surface area (Å²) in [7, 11) is -0.441. The summed E-state index contributed by atoms with van der Waals surface area (Å²) in [6, 6.07) is 8.82. The van der Waals surface area contributed by atoms with Crippen molar-refractivity contribution in [2.45, 2.75) is 11.4 Å². The van der Waals surface area contributed by atoms with Gasteiger partial charge in [0, 0.05) is 26.8 Å². The average molecular weight is 309 g/mol. The van der Waals surface area contributed by atoms with Gasteiger partial charge < -0.3 is 5.32 Å². The molecule has 1 N–H and O–H groups in total. The number of halogens is 1. The van der Waals surface area contributed by atoms with Crippen LogP contribution >= 0.6 is 0 Å². The number of nitrogens with one attached hydrogen (secondary N) is 1. The van der Waals surface area contributed by atoms with Crippen molar-refractivity contribution in [3.8, 4) is 0 Å². The van der Waals surface area contributed by atoms with Crippen molar-refractivity contribution < 1.29 is 12.8 Å². The van der Waals surface area contributed by atoms with Gasteiger partial charge in [0.15, 0.2) is 0 Å². The minimum atomic E-state index is -3.62. The summed E-state index contributed by atoms with van der Waals surface area (Å²) < 4.78 is 38.8. The topological polar surface area (TPSA) is 62.3 Å². The maximum atomic E-state index is 12.8. The number of anilines is 1. The monoisotopic (exact) mass is 309 g/mol. The third-order valence-corrected chi connectivity index (χ3v) is 4.81. The van der Waals surface area contributed by atoms with Gasteiger partial charge in [0.05, 0.1) is 0 Å². The Hall–Kier alpha value is -1.99. The van der Waals surface area contributed by atoms with Crippen LogP contribution in [-0.2, 0) is 16.6 Å². The highest BCUT2D eigenvalue weighted by atomic mass is 32.2. The minimum absolute atomic E-state index is 0.117. The molecule has 0 fully saturated rings. The van der Waals surface area contributed by atoms with Gasteiger partial charge in [-0.1, -0.05) is 12.1 Å². The number of hydrogen-bond donors (Lipinski definition) is 1. The van der Waals surface area contributed by atoms with Gasteiger partial charge in [0.2, 0.25) is 10.0 Å². The lowest BCUT2D eigenvalue weighted by Gasteiger charge is -2.17. The van der Waals surface area contributed by atoms with Crippen LogP contribution in [0.2, 0.25) is 0 Å². The Kier molecular flexibility index (Phi) is 4.54. The van der Waals surface area contributed by atoms with Crippen molar-refractivity contribution in [1.82, 2.24) is 9.29 Å². The predicted octanol–water partition coefficient (Wildman–Crippen LogP) is 2.08. The van der Waals surface area contributed by atoms with E-state index >= 15 is 0 Å². The summed E-state index contributed by atoms with van der Waals surface area (Å²) in [5, 5.41) is 2.82. The van der Waals surface area contributed by atoms with E-state index in [1.54, 1.807) is 25.2 Å². The molecule has 7 heteroatoms. The van der Waals surface area contributed by atoms with E-state index in [0.29, 0.717) is 11.4 Å². The second kappa shape index (κ2) is 6.19. The number of aromatic nitrogens is 1. The largest absolute Gasteiger partial charge is 0.373 e. The summed E-state index contributed by atoms with van der Waals surface area (Å²) in [5.74, 6) is 0.242. The molecule has 112 valence electrons. The zero-order chi connectivity index (χ0) is 15.5. The van der Waals surface area contributed by atoms with E-state index in [0.717, 1.165) is 0 Å². The van der Waals surface area contributed by atoms with Crippen molar-refractivity contribution in [2.24, 2.45) is 0 Å². The van der Waals surface area contributed by atoms with Crippen LogP contribution in [-0.4, -0.2) is 31.8 Å². The fourth-order valence-corrected chi connectivity index (χ4v) is 2.90. The molecule has 1 heterocycles. The summed E-state index contributed by atoms with van der Waals surface area (Å²) >= 11 is 0. The molecule has 0 saturated heterocycles. The Bertz CT molecular complexity index is 700. The molecule has 0 aliphatic heterocycles. The number of benzene rings is 1. The molecule has 0 bridgehead atoms. The van der Waals surface area contributed by atoms with E-state index in [4.69, 9.17) is 0 Å². The fraction of sp³-hybridized carbons (Fsp3) is 0.214. The minimum Gasteiger partial charge on any atom is -0.373 e. The highest BCUT2D eigenvalue weighted by Crippen LogP contribution is 2.17. The third kappa shape index (κ3) is 3.56. The van der Waals surface area contributed by atoms with Crippen LogP contribution in [0.3, 0.4) is 0 Å². The van der Waals surface area contributed by atoms with Crippen molar-refractivity contribution in [3.63, 3.8) is 0 Å². The van der Waals surface area contributed by atoms with Crippen molar-refractivity contribution in [1.29, 1.82) is 0 Å². The van der Waals surface area contributed by atoms with Gasteiger partial charge in [-0.25, -0.2) is 17.8 Å². The first-order chi connectivity index (χ1) is 9.93. The second-order valence-electron chi connectivity index (χ2n) is 4.52. The molecular formula is C14H16FN3O2S. The van der Waals surface area contributed by atoms with Gasteiger partial charge in [0.25, 0.3) is 0 Å². The lowest BCUT2D eigenvalue weighted by molar-refractivity contribution is 0.466. The van der Waals surface area contributed by atoms with Crippen LogP contribution < -0.4 is 5.32 Å². The molecular weight excluding hydrogens is 293 g/mol. The lowest BCUT2D eigenvalue weighted by Crippen LogP contribution is -2.26. The van der Waals surface area contributed by atoms with Crippen molar-refractivity contribution in [2.75, 3.05) is 19.4 Å². The first-order valence-electron chi connectivity index (χ1n) is 6.28. The number of pyridine rings is 1. The van der Waals surface area contributed by atoms with E-state index in [2.05, 4.69) is 10.3 Å². The van der Waals surface area contributed by atoms with Gasteiger partial charge in [-0.05, 0) is 29.8 Å².